The molecule has 0 atom stereocenters. The Morgan fingerprint density at radius 2 is 1.79 bits per heavy atom. The number of nitrogens with one attached hydrogen (secondary N) is 2. The van der Waals surface area contributed by atoms with Crippen LogP contribution in [-0.2, 0) is 12.8 Å². The minimum atomic E-state index is 0.0933. The first-order valence-electron chi connectivity index (χ1n) is 9.45. The van der Waals surface area contributed by atoms with Gasteiger partial charge in [0.05, 0.1) is 11.3 Å². The van der Waals surface area contributed by atoms with E-state index in [2.05, 4.69) is 33.6 Å². The summed E-state index contributed by atoms with van der Waals surface area (Å²) in [6.45, 7) is 2.11. The number of aryl methyl sites for hydroxylation is 2. The van der Waals surface area contributed by atoms with Crippen LogP contribution < -0.4 is 10.6 Å². The van der Waals surface area contributed by atoms with E-state index in [1.54, 1.807) is 0 Å². The molecular weight excluding hydrogens is 372 g/mol. The molecule has 0 unspecified atom stereocenters. The van der Waals surface area contributed by atoms with E-state index in [0.29, 0.717) is 28.8 Å². The second kappa shape index (κ2) is 7.98. The number of benzene rings is 2. The van der Waals surface area contributed by atoms with Gasteiger partial charge in [0.25, 0.3) is 0 Å². The van der Waals surface area contributed by atoms with Gasteiger partial charge in [0.15, 0.2) is 5.78 Å². The maximum absolute atomic E-state index is 12.6. The second-order valence-electron chi connectivity index (χ2n) is 6.76. The molecule has 1 aromatic heterocycles. The Labute approximate surface area is 169 Å². The van der Waals surface area contributed by atoms with Crippen LogP contribution >= 0.6 is 11.6 Å². The number of halogens is 1. The highest BCUT2D eigenvalue weighted by Gasteiger charge is 2.25. The van der Waals surface area contributed by atoms with E-state index < -0.39 is 0 Å². The number of carbonyl (C=O) groups excluding carboxylic acids is 1. The van der Waals surface area contributed by atoms with Crippen molar-refractivity contribution in [3.63, 3.8) is 0 Å². The summed E-state index contributed by atoms with van der Waals surface area (Å²) >= 11 is 5.96. The number of ketones is 1. The van der Waals surface area contributed by atoms with Crippen LogP contribution in [0.1, 0.15) is 41.4 Å². The lowest BCUT2D eigenvalue weighted by Gasteiger charge is -2.20. The van der Waals surface area contributed by atoms with Crippen LogP contribution in [0.3, 0.4) is 0 Å². The Kier molecular flexibility index (Phi) is 5.26. The van der Waals surface area contributed by atoms with Crippen molar-refractivity contribution in [3.05, 3.63) is 70.4 Å². The molecule has 0 aliphatic heterocycles. The van der Waals surface area contributed by atoms with Crippen LogP contribution in [0.4, 0.5) is 23.1 Å². The third-order valence-electron chi connectivity index (χ3n) is 4.83. The van der Waals surface area contributed by atoms with Gasteiger partial charge in [-0.25, -0.2) is 4.98 Å². The van der Waals surface area contributed by atoms with Gasteiger partial charge >= 0.3 is 0 Å². The molecule has 0 radical (unpaired) electrons. The molecule has 4 rings (SSSR count). The molecule has 6 heteroatoms. The predicted octanol–water partition coefficient (Wildman–Crippen LogP) is 5.70. The monoisotopic (exact) mass is 392 g/mol. The van der Waals surface area contributed by atoms with Crippen molar-refractivity contribution < 1.29 is 4.79 Å². The molecule has 28 heavy (non-hydrogen) atoms. The number of para-hydroxylation sites is 1. The summed E-state index contributed by atoms with van der Waals surface area (Å²) in [5.41, 5.74) is 4.37. The van der Waals surface area contributed by atoms with Crippen molar-refractivity contribution in [2.24, 2.45) is 0 Å². The molecule has 2 aromatic carbocycles. The average Bonchev–Trinajstić information content (AvgIpc) is 2.70. The zero-order valence-electron chi connectivity index (χ0n) is 15.6. The van der Waals surface area contributed by atoms with E-state index in [4.69, 9.17) is 11.6 Å². The first kappa shape index (κ1) is 18.4. The fourth-order valence-corrected chi connectivity index (χ4v) is 3.54. The second-order valence-corrected chi connectivity index (χ2v) is 7.20. The first-order chi connectivity index (χ1) is 13.6. The van der Waals surface area contributed by atoms with Gasteiger partial charge in [-0.2, -0.15) is 4.98 Å². The summed E-state index contributed by atoms with van der Waals surface area (Å²) in [4.78, 5) is 21.9. The van der Waals surface area contributed by atoms with Crippen LogP contribution in [0, 0.1) is 0 Å². The van der Waals surface area contributed by atoms with E-state index in [9.17, 15) is 4.79 Å². The van der Waals surface area contributed by atoms with Gasteiger partial charge in [0.2, 0.25) is 5.95 Å². The van der Waals surface area contributed by atoms with Crippen molar-refractivity contribution in [3.8, 4) is 0 Å². The fraction of sp³-hybridized carbons (Fsp3) is 0.227. The number of rotatable bonds is 5. The van der Waals surface area contributed by atoms with E-state index in [0.717, 1.165) is 36.3 Å². The molecule has 2 N–H and O–H groups in total. The summed E-state index contributed by atoms with van der Waals surface area (Å²) in [5.74, 6) is 1.12. The van der Waals surface area contributed by atoms with Gasteiger partial charge in [-0.05, 0) is 55.2 Å². The summed E-state index contributed by atoms with van der Waals surface area (Å²) in [7, 11) is 0. The first-order valence-corrected chi connectivity index (χ1v) is 9.83. The molecule has 1 aliphatic rings. The zero-order valence-corrected chi connectivity index (χ0v) is 16.4. The highest BCUT2D eigenvalue weighted by molar-refractivity contribution is 6.30. The summed E-state index contributed by atoms with van der Waals surface area (Å²) in [6.07, 6.45) is 3.00. The largest absolute Gasteiger partial charge is 0.339 e. The van der Waals surface area contributed by atoms with Crippen molar-refractivity contribution >= 4 is 40.5 Å². The summed E-state index contributed by atoms with van der Waals surface area (Å²) < 4.78 is 0. The summed E-state index contributed by atoms with van der Waals surface area (Å²) in [5, 5.41) is 7.27. The number of carbonyl (C=O) groups is 1. The predicted molar refractivity (Wildman–Crippen MR) is 113 cm³/mol. The topological polar surface area (TPSA) is 66.9 Å². The Bertz CT molecular complexity index is 1020. The van der Waals surface area contributed by atoms with Crippen LogP contribution in [0.5, 0.6) is 0 Å². The molecule has 5 nitrogen and oxygen atoms in total. The number of hydrogen-bond donors (Lipinski definition) is 2. The molecule has 0 spiro atoms. The van der Waals surface area contributed by atoms with Crippen molar-refractivity contribution in [2.45, 2.75) is 32.6 Å². The molecule has 3 aromatic rings. The van der Waals surface area contributed by atoms with Crippen molar-refractivity contribution in [1.82, 2.24) is 9.97 Å². The molecule has 0 saturated carbocycles. The van der Waals surface area contributed by atoms with Gasteiger partial charge in [-0.15, -0.1) is 0 Å². The van der Waals surface area contributed by atoms with Gasteiger partial charge < -0.3 is 10.6 Å². The van der Waals surface area contributed by atoms with E-state index in [-0.39, 0.29) is 5.78 Å². The van der Waals surface area contributed by atoms with Gasteiger partial charge in [-0.1, -0.05) is 36.7 Å². The van der Waals surface area contributed by atoms with Crippen LogP contribution in [-0.4, -0.2) is 15.8 Å². The fourth-order valence-electron chi connectivity index (χ4n) is 3.41. The lowest BCUT2D eigenvalue weighted by molar-refractivity contribution is 0.0972. The SMILES string of the molecule is CCc1ccccc1Nc1nc(Nc2ccc(Cl)cc2)nc2c1C(=O)CCC2. The van der Waals surface area contributed by atoms with Gasteiger partial charge in [-0.3, -0.25) is 4.79 Å². The minimum Gasteiger partial charge on any atom is -0.339 e. The lowest BCUT2D eigenvalue weighted by Crippen LogP contribution is -2.18. The smallest absolute Gasteiger partial charge is 0.229 e. The highest BCUT2D eigenvalue weighted by Crippen LogP contribution is 2.31. The molecule has 142 valence electrons. The standard InChI is InChI=1S/C22H21ClN4O/c1-2-14-6-3-4-7-17(14)25-21-20-18(8-5-9-19(20)28)26-22(27-21)24-16-12-10-15(23)11-13-16/h3-4,6-7,10-13H,2,5,8-9H2,1H3,(H2,24,25,26,27). The van der Waals surface area contributed by atoms with Gasteiger partial charge in [0, 0.05) is 22.8 Å². The van der Waals surface area contributed by atoms with E-state index in [1.165, 1.54) is 5.56 Å². The van der Waals surface area contributed by atoms with E-state index >= 15 is 0 Å². The third kappa shape index (κ3) is 3.85. The molecule has 0 bridgehead atoms. The molecule has 1 heterocycles. The van der Waals surface area contributed by atoms with Crippen molar-refractivity contribution in [2.75, 3.05) is 10.6 Å². The van der Waals surface area contributed by atoms with Crippen LogP contribution in [0.15, 0.2) is 48.5 Å². The average molecular weight is 393 g/mol. The van der Waals surface area contributed by atoms with Crippen LogP contribution in [0.2, 0.25) is 5.02 Å². The van der Waals surface area contributed by atoms with Gasteiger partial charge in [0.1, 0.15) is 5.82 Å². The zero-order chi connectivity index (χ0) is 19.5. The lowest BCUT2D eigenvalue weighted by atomic mass is 9.95. The Morgan fingerprint density at radius 1 is 1.00 bits per heavy atom. The minimum absolute atomic E-state index is 0.0933. The Balaban J connectivity index is 1.74. The Morgan fingerprint density at radius 3 is 2.57 bits per heavy atom. The molecule has 0 saturated heterocycles. The quantitative estimate of drug-likeness (QED) is 0.583. The number of fused-ring (bicyclic) bond motifs is 1. The number of Topliss-reactive ketones (excluding diaryl/α,β-unsaturated/α-hetero) is 1. The highest BCUT2D eigenvalue weighted by atomic mass is 35.5. The summed E-state index contributed by atoms with van der Waals surface area (Å²) in [6, 6.07) is 15.4. The third-order valence-corrected chi connectivity index (χ3v) is 5.08. The Hall–Kier alpha value is -2.92. The number of hydrogen-bond acceptors (Lipinski definition) is 5. The molecule has 1 aliphatic carbocycles. The molecular formula is C22H21ClN4O. The van der Waals surface area contributed by atoms with E-state index in [1.807, 2.05) is 42.5 Å². The number of aromatic nitrogens is 2. The van der Waals surface area contributed by atoms with Crippen molar-refractivity contribution in [1.29, 1.82) is 0 Å². The normalized spacial score (nSPS) is 13.1. The molecule has 0 amide bonds. The maximum atomic E-state index is 12.6. The maximum Gasteiger partial charge on any atom is 0.229 e. The molecule has 0 fully saturated rings. The number of nitrogens with zero attached hydrogens (tertiary/aromatic N) is 2. The van der Waals surface area contributed by atoms with Crippen LogP contribution in [0.25, 0.3) is 0 Å². The number of anilines is 4.